The van der Waals surface area contributed by atoms with Crippen LogP contribution in [-0.2, 0) is 4.79 Å². The van der Waals surface area contributed by atoms with Gasteiger partial charge in [0.15, 0.2) is 0 Å². The Labute approximate surface area is 199 Å². The fourth-order valence-electron chi connectivity index (χ4n) is 3.01. The normalized spacial score (nSPS) is 11.3. The van der Waals surface area contributed by atoms with Gasteiger partial charge < -0.3 is 20.9 Å². The molecule has 170 valence electrons. The number of amidine groups is 1. The van der Waals surface area contributed by atoms with Crippen LogP contribution in [0.3, 0.4) is 0 Å². The van der Waals surface area contributed by atoms with Crippen molar-refractivity contribution < 1.29 is 14.0 Å². The monoisotopic (exact) mass is 511 g/mol. The Morgan fingerprint density at radius 2 is 1.48 bits per heavy atom. The molecule has 0 heterocycles. The van der Waals surface area contributed by atoms with E-state index in [-0.39, 0.29) is 5.56 Å². The van der Waals surface area contributed by atoms with Gasteiger partial charge >= 0.3 is 6.03 Å². The van der Waals surface area contributed by atoms with Gasteiger partial charge in [0, 0.05) is 41.1 Å². The molecule has 0 saturated heterocycles. The molecule has 0 aliphatic rings. The summed E-state index contributed by atoms with van der Waals surface area (Å²) in [7, 11) is 3.53. The second-order valence-electron chi connectivity index (χ2n) is 7.37. The number of anilines is 2. The lowest BCUT2D eigenvalue weighted by Crippen LogP contribution is -2.39. The van der Waals surface area contributed by atoms with E-state index in [0.29, 0.717) is 22.8 Å². The van der Waals surface area contributed by atoms with Crippen LogP contribution in [0, 0.1) is 11.2 Å². The summed E-state index contributed by atoms with van der Waals surface area (Å²) in [5, 5.41) is 15.9. The predicted molar refractivity (Wildman–Crippen MR) is 131 cm³/mol. The highest BCUT2D eigenvalue weighted by molar-refractivity contribution is 9.10. The zero-order valence-electron chi connectivity index (χ0n) is 18.0. The van der Waals surface area contributed by atoms with Gasteiger partial charge in [0.05, 0.1) is 0 Å². The second kappa shape index (κ2) is 10.7. The van der Waals surface area contributed by atoms with Crippen LogP contribution in [0.5, 0.6) is 0 Å². The van der Waals surface area contributed by atoms with Gasteiger partial charge in [-0.25, -0.2) is 9.18 Å². The van der Waals surface area contributed by atoms with Gasteiger partial charge in [-0.15, -0.1) is 0 Å². The van der Waals surface area contributed by atoms with E-state index in [1.54, 1.807) is 73.6 Å². The molecule has 0 fully saturated rings. The largest absolute Gasteiger partial charge is 0.363 e. The maximum atomic E-state index is 14.5. The van der Waals surface area contributed by atoms with Crippen LogP contribution in [-0.4, -0.2) is 36.8 Å². The SMILES string of the molecule is CN(C)C(=N)c1ccc(NC(=O)C(NC(=O)Nc2ccc(Br)cc2)c2ccccc2F)cc1. The van der Waals surface area contributed by atoms with Gasteiger partial charge in [-0.3, -0.25) is 10.2 Å². The third kappa shape index (κ3) is 6.39. The third-order valence-electron chi connectivity index (χ3n) is 4.73. The molecule has 3 aromatic carbocycles. The number of nitrogens with zero attached hydrogens (tertiary/aromatic N) is 1. The maximum absolute atomic E-state index is 14.5. The summed E-state index contributed by atoms with van der Waals surface area (Å²) in [5.74, 6) is -0.902. The Morgan fingerprint density at radius 3 is 2.09 bits per heavy atom. The minimum absolute atomic E-state index is 0.0342. The molecule has 0 aromatic heterocycles. The van der Waals surface area contributed by atoms with Crippen molar-refractivity contribution in [1.82, 2.24) is 10.2 Å². The van der Waals surface area contributed by atoms with Crippen molar-refractivity contribution in [2.75, 3.05) is 24.7 Å². The first-order valence-electron chi connectivity index (χ1n) is 9.99. The molecule has 33 heavy (non-hydrogen) atoms. The average Bonchev–Trinajstić information content (AvgIpc) is 2.79. The van der Waals surface area contributed by atoms with Gasteiger partial charge in [-0.2, -0.15) is 0 Å². The van der Waals surface area contributed by atoms with Crippen LogP contribution >= 0.6 is 15.9 Å². The summed E-state index contributed by atoms with van der Waals surface area (Å²) in [5.41, 5.74) is 1.68. The quantitative estimate of drug-likeness (QED) is 0.277. The van der Waals surface area contributed by atoms with E-state index in [1.165, 1.54) is 18.2 Å². The summed E-state index contributed by atoms with van der Waals surface area (Å²) >= 11 is 3.32. The number of carbonyl (C=O) groups excluding carboxylic acids is 2. The van der Waals surface area contributed by atoms with Crippen molar-refractivity contribution in [1.29, 1.82) is 5.41 Å². The van der Waals surface area contributed by atoms with Crippen LogP contribution in [0.1, 0.15) is 17.2 Å². The number of rotatable bonds is 6. The smallest absolute Gasteiger partial charge is 0.320 e. The van der Waals surface area contributed by atoms with E-state index in [9.17, 15) is 14.0 Å². The lowest BCUT2D eigenvalue weighted by Gasteiger charge is -2.20. The third-order valence-corrected chi connectivity index (χ3v) is 5.26. The van der Waals surface area contributed by atoms with E-state index in [2.05, 4.69) is 31.9 Å². The molecule has 1 unspecified atom stereocenters. The molecule has 0 bridgehead atoms. The molecule has 1 atom stereocenters. The van der Waals surface area contributed by atoms with Crippen molar-refractivity contribution in [2.45, 2.75) is 6.04 Å². The van der Waals surface area contributed by atoms with Gasteiger partial charge in [-0.05, 0) is 54.6 Å². The van der Waals surface area contributed by atoms with Crippen molar-refractivity contribution in [3.05, 3.63) is 94.2 Å². The zero-order valence-corrected chi connectivity index (χ0v) is 19.6. The Kier molecular flexibility index (Phi) is 7.78. The summed E-state index contributed by atoms with van der Waals surface area (Å²) in [4.78, 5) is 27.3. The van der Waals surface area contributed by atoms with Crippen LogP contribution in [0.15, 0.2) is 77.3 Å². The Morgan fingerprint density at radius 1 is 0.909 bits per heavy atom. The first-order chi connectivity index (χ1) is 15.7. The lowest BCUT2D eigenvalue weighted by atomic mass is 10.1. The number of hydrogen-bond donors (Lipinski definition) is 4. The molecule has 3 aromatic rings. The molecule has 3 rings (SSSR count). The van der Waals surface area contributed by atoms with Crippen molar-refractivity contribution in [3.63, 3.8) is 0 Å². The van der Waals surface area contributed by atoms with Crippen LogP contribution < -0.4 is 16.0 Å². The number of urea groups is 1. The van der Waals surface area contributed by atoms with E-state index in [4.69, 9.17) is 5.41 Å². The molecule has 0 aliphatic heterocycles. The van der Waals surface area contributed by atoms with Crippen LogP contribution in [0.25, 0.3) is 0 Å². The van der Waals surface area contributed by atoms with Crippen molar-refractivity contribution in [2.24, 2.45) is 0 Å². The molecular weight excluding hydrogens is 489 g/mol. The number of amides is 3. The summed E-state index contributed by atoms with van der Waals surface area (Å²) in [6.07, 6.45) is 0. The number of hydrogen-bond acceptors (Lipinski definition) is 3. The number of benzene rings is 3. The number of nitrogens with one attached hydrogen (secondary N) is 4. The average molecular weight is 512 g/mol. The highest BCUT2D eigenvalue weighted by atomic mass is 79.9. The summed E-state index contributed by atoms with van der Waals surface area (Å²) < 4.78 is 15.3. The summed E-state index contributed by atoms with van der Waals surface area (Å²) in [6, 6.07) is 17.4. The molecule has 3 amide bonds. The number of halogens is 2. The topological polar surface area (TPSA) is 97.3 Å². The summed E-state index contributed by atoms with van der Waals surface area (Å²) in [6.45, 7) is 0. The molecular formula is C24H23BrFN5O2. The van der Waals surface area contributed by atoms with Gasteiger partial charge in [-0.1, -0.05) is 34.1 Å². The molecule has 7 nitrogen and oxygen atoms in total. The highest BCUT2D eigenvalue weighted by Gasteiger charge is 2.26. The molecule has 0 aliphatic carbocycles. The van der Waals surface area contributed by atoms with Gasteiger partial charge in [0.1, 0.15) is 17.7 Å². The minimum Gasteiger partial charge on any atom is -0.363 e. The van der Waals surface area contributed by atoms with Crippen LogP contribution in [0.2, 0.25) is 0 Å². The first-order valence-corrected chi connectivity index (χ1v) is 10.8. The molecule has 9 heteroatoms. The predicted octanol–water partition coefficient (Wildman–Crippen LogP) is 4.98. The van der Waals surface area contributed by atoms with Gasteiger partial charge in [0.25, 0.3) is 5.91 Å². The molecule has 4 N–H and O–H groups in total. The zero-order chi connectivity index (χ0) is 24.0. The van der Waals surface area contributed by atoms with Gasteiger partial charge in [0.2, 0.25) is 0 Å². The first kappa shape index (κ1) is 23.9. The Hall–Kier alpha value is -3.72. The second-order valence-corrected chi connectivity index (χ2v) is 8.29. The fourth-order valence-corrected chi connectivity index (χ4v) is 3.27. The van der Waals surface area contributed by atoms with Crippen molar-refractivity contribution in [3.8, 4) is 0 Å². The van der Waals surface area contributed by atoms with E-state index < -0.39 is 23.8 Å². The van der Waals surface area contributed by atoms with E-state index in [1.807, 2.05) is 0 Å². The lowest BCUT2D eigenvalue weighted by molar-refractivity contribution is -0.118. The maximum Gasteiger partial charge on any atom is 0.320 e. The highest BCUT2D eigenvalue weighted by Crippen LogP contribution is 2.21. The minimum atomic E-state index is -1.28. The molecule has 0 saturated carbocycles. The standard InChI is InChI=1S/C24H23BrFN5O2/c1-31(2)22(27)15-7-11-17(12-8-15)28-23(32)21(19-5-3-4-6-20(19)26)30-24(33)29-18-13-9-16(25)10-14-18/h3-14,21,27H,1-2H3,(H,28,32)(H2,29,30,33). The number of carbonyl (C=O) groups is 2. The Bertz CT molecular complexity index is 1150. The Balaban J connectivity index is 1.78. The van der Waals surface area contributed by atoms with Crippen molar-refractivity contribution >= 4 is 45.1 Å². The van der Waals surface area contributed by atoms with E-state index in [0.717, 1.165) is 4.47 Å². The fraction of sp³-hybridized carbons (Fsp3) is 0.125. The molecule has 0 radical (unpaired) electrons. The van der Waals surface area contributed by atoms with E-state index >= 15 is 0 Å². The molecule has 0 spiro atoms. The van der Waals surface area contributed by atoms with Crippen LogP contribution in [0.4, 0.5) is 20.6 Å².